The van der Waals surface area contributed by atoms with Crippen molar-refractivity contribution >= 4 is 15.9 Å². The average Bonchev–Trinajstić information content (AvgIpc) is 2.09. The smallest absolute Gasteiger partial charge is 0.168 e. The molecule has 0 aliphatic heterocycles. The van der Waals surface area contributed by atoms with E-state index in [0.29, 0.717) is 12.2 Å². The molecule has 0 aromatic heterocycles. The molecule has 1 rings (SSSR count). The first-order valence-electron chi connectivity index (χ1n) is 3.84. The van der Waals surface area contributed by atoms with Gasteiger partial charge < -0.3 is 4.74 Å². The number of halogens is 2. The molecule has 0 fully saturated rings. The minimum Gasteiger partial charge on any atom is -0.486 e. The Labute approximate surface area is 85.3 Å². The Bertz CT molecular complexity index is 323. The van der Waals surface area contributed by atoms with Crippen LogP contribution >= 0.6 is 15.9 Å². The minimum absolute atomic E-state index is 0.256. The van der Waals surface area contributed by atoms with Gasteiger partial charge >= 0.3 is 0 Å². The Hall–Kier alpha value is -0.830. The summed E-state index contributed by atoms with van der Waals surface area (Å²) in [5.74, 6) is -0.0585. The van der Waals surface area contributed by atoms with Crippen molar-refractivity contribution in [3.05, 3.63) is 40.6 Å². The maximum absolute atomic E-state index is 13.3. The van der Waals surface area contributed by atoms with Crippen molar-refractivity contribution in [2.24, 2.45) is 0 Å². The second-order valence-corrected chi connectivity index (χ2v) is 3.55. The molecule has 0 saturated carbocycles. The van der Waals surface area contributed by atoms with Crippen molar-refractivity contribution in [1.29, 1.82) is 0 Å². The third kappa shape index (κ3) is 2.56. The highest BCUT2D eigenvalue weighted by molar-refractivity contribution is 9.10. The molecule has 0 atom stereocenters. The molecule has 1 nitrogen and oxygen atoms in total. The number of ether oxygens (including phenoxy) is 1. The summed E-state index contributed by atoms with van der Waals surface area (Å²) in [4.78, 5) is 0. The van der Waals surface area contributed by atoms with E-state index in [2.05, 4.69) is 22.5 Å². The zero-order valence-corrected chi connectivity index (χ0v) is 8.90. The molecule has 0 saturated heterocycles. The SMILES string of the molecule is C=CCOc1cc(Br)cc(C)c1F. The van der Waals surface area contributed by atoms with Crippen LogP contribution < -0.4 is 4.74 Å². The van der Waals surface area contributed by atoms with Crippen molar-refractivity contribution in [3.63, 3.8) is 0 Å². The molecule has 1 aromatic carbocycles. The fourth-order valence-electron chi connectivity index (χ4n) is 0.949. The van der Waals surface area contributed by atoms with Crippen molar-refractivity contribution < 1.29 is 9.13 Å². The molecular formula is C10H10BrFO. The monoisotopic (exact) mass is 244 g/mol. The first-order valence-corrected chi connectivity index (χ1v) is 4.63. The van der Waals surface area contributed by atoms with Crippen molar-refractivity contribution in [3.8, 4) is 5.75 Å². The average molecular weight is 245 g/mol. The zero-order valence-electron chi connectivity index (χ0n) is 7.31. The molecule has 0 amide bonds. The molecule has 13 heavy (non-hydrogen) atoms. The Kier molecular flexibility index (Phi) is 3.48. The lowest BCUT2D eigenvalue weighted by Crippen LogP contribution is -1.97. The summed E-state index contributed by atoms with van der Waals surface area (Å²) in [6.07, 6.45) is 1.58. The molecule has 3 heteroatoms. The summed E-state index contributed by atoms with van der Waals surface area (Å²) >= 11 is 3.27. The third-order valence-electron chi connectivity index (χ3n) is 1.54. The summed E-state index contributed by atoms with van der Waals surface area (Å²) in [6, 6.07) is 3.31. The fraction of sp³-hybridized carbons (Fsp3) is 0.200. The largest absolute Gasteiger partial charge is 0.486 e. The van der Waals surface area contributed by atoms with Gasteiger partial charge in [-0.05, 0) is 24.6 Å². The van der Waals surface area contributed by atoms with Crippen LogP contribution in [0.2, 0.25) is 0 Å². The van der Waals surface area contributed by atoms with Gasteiger partial charge in [0.25, 0.3) is 0 Å². The van der Waals surface area contributed by atoms with Crippen LogP contribution in [-0.4, -0.2) is 6.61 Å². The van der Waals surface area contributed by atoms with E-state index in [4.69, 9.17) is 4.74 Å². The highest BCUT2D eigenvalue weighted by Gasteiger charge is 2.07. The summed E-state index contributed by atoms with van der Waals surface area (Å²) < 4.78 is 19.3. The highest BCUT2D eigenvalue weighted by Crippen LogP contribution is 2.25. The van der Waals surface area contributed by atoms with Gasteiger partial charge in [0, 0.05) is 4.47 Å². The standard InChI is InChI=1S/C10H10BrFO/c1-3-4-13-9-6-8(11)5-7(2)10(9)12/h3,5-6H,1,4H2,2H3. The van der Waals surface area contributed by atoms with Crippen LogP contribution in [0, 0.1) is 12.7 Å². The first kappa shape index (κ1) is 10.3. The van der Waals surface area contributed by atoms with E-state index >= 15 is 0 Å². The Morgan fingerprint density at radius 3 is 2.92 bits per heavy atom. The van der Waals surface area contributed by atoms with Gasteiger partial charge in [-0.2, -0.15) is 0 Å². The molecule has 0 aliphatic carbocycles. The van der Waals surface area contributed by atoms with Gasteiger partial charge in [0.15, 0.2) is 11.6 Å². The molecule has 0 spiro atoms. The molecule has 0 aliphatic rings. The minimum atomic E-state index is -0.315. The number of aryl methyl sites for hydroxylation is 1. The first-order chi connectivity index (χ1) is 6.15. The van der Waals surface area contributed by atoms with Gasteiger partial charge in [0.1, 0.15) is 6.61 Å². The molecule has 0 N–H and O–H groups in total. The zero-order chi connectivity index (χ0) is 9.84. The lowest BCUT2D eigenvalue weighted by Gasteiger charge is -2.07. The fourth-order valence-corrected chi connectivity index (χ4v) is 1.50. The number of hydrogen-bond donors (Lipinski definition) is 0. The van der Waals surface area contributed by atoms with E-state index in [1.165, 1.54) is 0 Å². The maximum atomic E-state index is 13.3. The highest BCUT2D eigenvalue weighted by atomic mass is 79.9. The Morgan fingerprint density at radius 1 is 1.62 bits per heavy atom. The van der Waals surface area contributed by atoms with Gasteiger partial charge in [0.05, 0.1) is 0 Å². The maximum Gasteiger partial charge on any atom is 0.168 e. The summed E-state index contributed by atoms with van der Waals surface area (Å²) in [5.41, 5.74) is 0.563. The molecule has 0 heterocycles. The molecular weight excluding hydrogens is 235 g/mol. The van der Waals surface area contributed by atoms with E-state index < -0.39 is 0 Å². The van der Waals surface area contributed by atoms with E-state index in [0.717, 1.165) is 4.47 Å². The quantitative estimate of drug-likeness (QED) is 0.741. The second kappa shape index (κ2) is 4.42. The van der Waals surface area contributed by atoms with Crippen LogP contribution in [0.3, 0.4) is 0 Å². The third-order valence-corrected chi connectivity index (χ3v) is 2.00. The van der Waals surface area contributed by atoms with Crippen molar-refractivity contribution in [2.75, 3.05) is 6.61 Å². The Morgan fingerprint density at radius 2 is 2.31 bits per heavy atom. The van der Waals surface area contributed by atoms with Crippen LogP contribution in [0.4, 0.5) is 4.39 Å². The molecule has 0 unspecified atom stereocenters. The van der Waals surface area contributed by atoms with E-state index in [1.54, 1.807) is 25.1 Å². The second-order valence-electron chi connectivity index (χ2n) is 2.63. The lowest BCUT2D eigenvalue weighted by atomic mass is 10.2. The molecule has 70 valence electrons. The van der Waals surface area contributed by atoms with Gasteiger partial charge in [-0.25, -0.2) is 4.39 Å². The normalized spacial score (nSPS) is 9.77. The predicted octanol–water partition coefficient (Wildman–Crippen LogP) is 3.46. The van der Waals surface area contributed by atoms with Gasteiger partial charge in [-0.1, -0.05) is 28.6 Å². The van der Waals surface area contributed by atoms with E-state index in [9.17, 15) is 4.39 Å². The van der Waals surface area contributed by atoms with Crippen molar-refractivity contribution in [1.82, 2.24) is 0 Å². The summed E-state index contributed by atoms with van der Waals surface area (Å²) in [5, 5.41) is 0. The van der Waals surface area contributed by atoms with Crippen LogP contribution in [0.5, 0.6) is 5.75 Å². The van der Waals surface area contributed by atoms with Gasteiger partial charge in [0.2, 0.25) is 0 Å². The van der Waals surface area contributed by atoms with Crippen LogP contribution in [0.1, 0.15) is 5.56 Å². The summed E-state index contributed by atoms with van der Waals surface area (Å²) in [7, 11) is 0. The van der Waals surface area contributed by atoms with Crippen LogP contribution in [0.25, 0.3) is 0 Å². The summed E-state index contributed by atoms with van der Waals surface area (Å²) in [6.45, 7) is 5.50. The predicted molar refractivity (Wildman–Crippen MR) is 54.5 cm³/mol. The Balaban J connectivity index is 2.98. The van der Waals surface area contributed by atoms with E-state index in [1.807, 2.05) is 0 Å². The lowest BCUT2D eigenvalue weighted by molar-refractivity contribution is 0.340. The van der Waals surface area contributed by atoms with Gasteiger partial charge in [-0.15, -0.1) is 0 Å². The van der Waals surface area contributed by atoms with Gasteiger partial charge in [-0.3, -0.25) is 0 Å². The van der Waals surface area contributed by atoms with Crippen molar-refractivity contribution in [2.45, 2.75) is 6.92 Å². The molecule has 1 aromatic rings. The molecule has 0 bridgehead atoms. The number of rotatable bonds is 3. The topological polar surface area (TPSA) is 9.23 Å². The van der Waals surface area contributed by atoms with Crippen LogP contribution in [-0.2, 0) is 0 Å². The number of hydrogen-bond acceptors (Lipinski definition) is 1. The van der Waals surface area contributed by atoms with Crippen LogP contribution in [0.15, 0.2) is 29.3 Å². The molecule has 0 radical (unpaired) electrons. The van der Waals surface area contributed by atoms with E-state index in [-0.39, 0.29) is 11.6 Å². The number of benzene rings is 1.